The number of hydrogen-bond acceptors (Lipinski definition) is 5. The van der Waals surface area contributed by atoms with E-state index >= 15 is 0 Å². The van der Waals surface area contributed by atoms with Crippen LogP contribution < -0.4 is 10.6 Å². The third kappa shape index (κ3) is 6.27. The molecule has 0 saturated heterocycles. The van der Waals surface area contributed by atoms with Gasteiger partial charge in [0.2, 0.25) is 0 Å². The summed E-state index contributed by atoms with van der Waals surface area (Å²) < 4.78 is 0. The highest BCUT2D eigenvalue weighted by Crippen LogP contribution is 2.29. The standard InChI is InChI=1S/C29H25Cl2N3O6/c1-2-18-19-8-3-4-9-22(19)33-26(18)28(38)34-23(29(39)40)13-24(36)25-20(30)11-16(12-21(25)31)27(37)32-14-15-6-5-7-17(35)10-15/h3-12,23,33,35H,2,13-14H2,1H3,(H,32,37)(H,34,38)(H,39,40). The van der Waals surface area contributed by atoms with E-state index in [1.54, 1.807) is 12.1 Å². The first-order chi connectivity index (χ1) is 19.1. The van der Waals surface area contributed by atoms with E-state index in [9.17, 15) is 29.4 Å². The topological polar surface area (TPSA) is 149 Å². The van der Waals surface area contributed by atoms with Gasteiger partial charge in [0.1, 0.15) is 17.5 Å². The Balaban J connectivity index is 1.48. The average molecular weight is 582 g/mol. The molecule has 4 rings (SSSR count). The number of ketones is 1. The Labute approximate surface area is 239 Å². The molecule has 0 saturated carbocycles. The van der Waals surface area contributed by atoms with E-state index in [0.717, 1.165) is 16.5 Å². The molecular formula is C29H25Cl2N3O6. The van der Waals surface area contributed by atoms with Crippen molar-refractivity contribution in [3.8, 4) is 5.75 Å². The summed E-state index contributed by atoms with van der Waals surface area (Å²) in [5.74, 6) is -3.26. The van der Waals surface area contributed by atoms with E-state index in [1.807, 2.05) is 31.2 Å². The summed E-state index contributed by atoms with van der Waals surface area (Å²) in [6, 6.07) is 14.6. The maximum atomic E-state index is 13.1. The number of carbonyl (C=O) groups is 4. The van der Waals surface area contributed by atoms with Crippen molar-refractivity contribution < 1.29 is 29.4 Å². The van der Waals surface area contributed by atoms with Crippen LogP contribution in [0.25, 0.3) is 10.9 Å². The monoisotopic (exact) mass is 581 g/mol. The number of aromatic hydroxyl groups is 1. The lowest BCUT2D eigenvalue weighted by molar-refractivity contribution is -0.139. The lowest BCUT2D eigenvalue weighted by atomic mass is 10.0. The highest BCUT2D eigenvalue weighted by Gasteiger charge is 2.28. The second-order valence-electron chi connectivity index (χ2n) is 9.04. The number of aromatic amines is 1. The number of aryl methyl sites for hydroxylation is 1. The van der Waals surface area contributed by atoms with Gasteiger partial charge in [-0.15, -0.1) is 0 Å². The van der Waals surface area contributed by atoms with Crippen molar-refractivity contribution in [1.29, 1.82) is 0 Å². The molecule has 0 spiro atoms. The fourth-order valence-electron chi connectivity index (χ4n) is 4.40. The summed E-state index contributed by atoms with van der Waals surface area (Å²) in [5, 5.41) is 25.0. The minimum atomic E-state index is -1.56. The average Bonchev–Trinajstić information content (AvgIpc) is 3.29. The van der Waals surface area contributed by atoms with Crippen molar-refractivity contribution in [2.45, 2.75) is 32.4 Å². The van der Waals surface area contributed by atoms with E-state index in [-0.39, 0.29) is 39.2 Å². The minimum absolute atomic E-state index is 0.0590. The number of benzene rings is 3. The zero-order valence-corrected chi connectivity index (χ0v) is 22.8. The molecule has 0 aliphatic heterocycles. The molecule has 0 fully saturated rings. The molecule has 9 nitrogen and oxygen atoms in total. The SMILES string of the molecule is CCc1c(C(=O)NC(CC(=O)c2c(Cl)cc(C(=O)NCc3cccc(O)c3)cc2Cl)C(=O)O)[nH]c2ccccc12. The zero-order chi connectivity index (χ0) is 29.0. The molecular weight excluding hydrogens is 557 g/mol. The zero-order valence-electron chi connectivity index (χ0n) is 21.3. The molecule has 5 N–H and O–H groups in total. The number of phenolic OH excluding ortho intramolecular Hbond substituents is 1. The van der Waals surface area contributed by atoms with Crippen LogP contribution in [0.5, 0.6) is 5.75 Å². The predicted octanol–water partition coefficient (Wildman–Crippen LogP) is 5.13. The Kier molecular flexibility index (Phi) is 8.77. The number of fused-ring (bicyclic) bond motifs is 1. The number of H-pyrrole nitrogens is 1. The quantitative estimate of drug-likeness (QED) is 0.164. The second-order valence-corrected chi connectivity index (χ2v) is 9.85. The van der Waals surface area contributed by atoms with Gasteiger partial charge in [-0.05, 0) is 47.9 Å². The maximum Gasteiger partial charge on any atom is 0.326 e. The number of carboxylic acids is 1. The molecule has 0 bridgehead atoms. The maximum absolute atomic E-state index is 13.1. The number of carboxylic acid groups (broad SMARTS) is 1. The Morgan fingerprint density at radius 2 is 1.65 bits per heavy atom. The van der Waals surface area contributed by atoms with E-state index in [4.69, 9.17) is 23.2 Å². The van der Waals surface area contributed by atoms with Crippen LogP contribution in [0.2, 0.25) is 10.0 Å². The van der Waals surface area contributed by atoms with Gasteiger partial charge in [0.05, 0.1) is 15.6 Å². The van der Waals surface area contributed by atoms with Crippen LogP contribution in [0.3, 0.4) is 0 Å². The van der Waals surface area contributed by atoms with Gasteiger partial charge >= 0.3 is 5.97 Å². The number of hydrogen-bond donors (Lipinski definition) is 5. The van der Waals surface area contributed by atoms with Gasteiger partial charge < -0.3 is 25.8 Å². The van der Waals surface area contributed by atoms with Crippen molar-refractivity contribution in [1.82, 2.24) is 15.6 Å². The van der Waals surface area contributed by atoms with Gasteiger partial charge in [0.25, 0.3) is 11.8 Å². The number of phenols is 1. The Bertz CT molecular complexity index is 1610. The van der Waals surface area contributed by atoms with Gasteiger partial charge in [0.15, 0.2) is 5.78 Å². The van der Waals surface area contributed by atoms with Gasteiger partial charge in [0, 0.05) is 29.4 Å². The van der Waals surface area contributed by atoms with Crippen LogP contribution in [0, 0.1) is 0 Å². The molecule has 1 heterocycles. The van der Waals surface area contributed by atoms with E-state index < -0.39 is 36.0 Å². The van der Waals surface area contributed by atoms with Gasteiger partial charge in [-0.25, -0.2) is 4.79 Å². The largest absolute Gasteiger partial charge is 0.508 e. The molecule has 206 valence electrons. The Morgan fingerprint density at radius 1 is 0.950 bits per heavy atom. The molecule has 3 aromatic carbocycles. The summed E-state index contributed by atoms with van der Waals surface area (Å²) in [7, 11) is 0. The third-order valence-electron chi connectivity index (χ3n) is 6.33. The smallest absolute Gasteiger partial charge is 0.326 e. The summed E-state index contributed by atoms with van der Waals surface area (Å²) in [4.78, 5) is 53.7. The number of halogens is 2. The number of aromatic nitrogens is 1. The molecule has 2 amide bonds. The van der Waals surface area contributed by atoms with Gasteiger partial charge in [-0.2, -0.15) is 0 Å². The lowest BCUT2D eigenvalue weighted by Gasteiger charge is -2.16. The van der Waals surface area contributed by atoms with Crippen molar-refractivity contribution >= 4 is 57.7 Å². The highest BCUT2D eigenvalue weighted by atomic mass is 35.5. The normalized spacial score (nSPS) is 11.7. The van der Waals surface area contributed by atoms with Gasteiger partial charge in [-0.1, -0.05) is 60.5 Å². The van der Waals surface area contributed by atoms with Crippen molar-refractivity contribution in [3.63, 3.8) is 0 Å². The fourth-order valence-corrected chi connectivity index (χ4v) is 5.10. The molecule has 1 unspecified atom stereocenters. The minimum Gasteiger partial charge on any atom is -0.508 e. The van der Waals surface area contributed by atoms with Crippen LogP contribution in [-0.4, -0.2) is 44.8 Å². The first kappa shape index (κ1) is 28.7. The van der Waals surface area contributed by atoms with Crippen LogP contribution in [0.4, 0.5) is 0 Å². The highest BCUT2D eigenvalue weighted by molar-refractivity contribution is 6.40. The summed E-state index contributed by atoms with van der Waals surface area (Å²) >= 11 is 12.6. The van der Waals surface area contributed by atoms with E-state index in [2.05, 4.69) is 15.6 Å². The summed E-state index contributed by atoms with van der Waals surface area (Å²) in [6.45, 7) is 2.00. The molecule has 0 aliphatic rings. The van der Waals surface area contributed by atoms with E-state index in [0.29, 0.717) is 12.0 Å². The first-order valence-corrected chi connectivity index (χ1v) is 13.1. The Hall–Kier alpha value is -4.34. The Morgan fingerprint density at radius 3 is 2.30 bits per heavy atom. The molecule has 11 heteroatoms. The fraction of sp³-hybridized carbons (Fsp3) is 0.172. The number of carbonyl (C=O) groups excluding carboxylic acids is 3. The number of aliphatic carboxylic acids is 1. The van der Waals surface area contributed by atoms with Gasteiger partial charge in [-0.3, -0.25) is 14.4 Å². The van der Waals surface area contributed by atoms with Crippen molar-refractivity contribution in [2.75, 3.05) is 0 Å². The summed E-state index contributed by atoms with van der Waals surface area (Å²) in [6.07, 6.45) is -0.0896. The molecule has 0 aliphatic carbocycles. The number of nitrogens with one attached hydrogen (secondary N) is 3. The predicted molar refractivity (Wildman–Crippen MR) is 151 cm³/mol. The number of Topliss-reactive ketones (excluding diaryl/α,β-unsaturated/α-hetero) is 1. The van der Waals surface area contributed by atoms with Crippen molar-refractivity contribution in [3.05, 3.63) is 98.7 Å². The molecule has 4 aromatic rings. The molecule has 1 aromatic heterocycles. The van der Waals surface area contributed by atoms with E-state index in [1.165, 1.54) is 24.3 Å². The van der Waals surface area contributed by atoms with Crippen LogP contribution in [0.1, 0.15) is 55.7 Å². The van der Waals surface area contributed by atoms with Crippen LogP contribution >= 0.6 is 23.2 Å². The third-order valence-corrected chi connectivity index (χ3v) is 6.93. The number of rotatable bonds is 10. The summed E-state index contributed by atoms with van der Waals surface area (Å²) in [5.41, 5.74) is 2.27. The number of para-hydroxylation sites is 1. The second kappa shape index (κ2) is 12.2. The first-order valence-electron chi connectivity index (χ1n) is 12.3. The lowest BCUT2D eigenvalue weighted by Crippen LogP contribution is -2.42. The van der Waals surface area contributed by atoms with Crippen LogP contribution in [-0.2, 0) is 17.8 Å². The molecule has 0 radical (unpaired) electrons. The molecule has 1 atom stereocenters. The number of amides is 2. The van der Waals surface area contributed by atoms with Crippen molar-refractivity contribution in [2.24, 2.45) is 0 Å². The molecule has 40 heavy (non-hydrogen) atoms. The van der Waals surface area contributed by atoms with Crippen LogP contribution in [0.15, 0.2) is 60.7 Å².